The van der Waals surface area contributed by atoms with Gasteiger partial charge in [0.15, 0.2) is 0 Å². The molecule has 0 bridgehead atoms. The third-order valence-corrected chi connectivity index (χ3v) is 2.35. The van der Waals surface area contributed by atoms with Gasteiger partial charge in [0.1, 0.15) is 6.26 Å². The number of allylic oxidation sites excluding steroid dienone is 16. The van der Waals surface area contributed by atoms with Gasteiger partial charge in [0, 0.05) is 0 Å². The minimum atomic E-state index is 0.528. The smallest absolute Gasteiger partial charge is 0.121 e. The number of nitriles is 1. The average Bonchev–Trinajstić information content (AvgIpc) is 2.60. The number of hydrogen-bond donors (Lipinski definition) is 1. The number of nitrogens with zero attached hydrogens (tertiary/aromatic N) is 3. The Morgan fingerprint density at radius 1 is 0.792 bits per heavy atom. The quantitative estimate of drug-likeness (QED) is 0.703. The van der Waals surface area contributed by atoms with E-state index in [4.69, 9.17) is 10.1 Å². The summed E-state index contributed by atoms with van der Waals surface area (Å²) in [5, 5.41) is 16.3. The zero-order valence-electron chi connectivity index (χ0n) is 13.1. The lowest BCUT2D eigenvalue weighted by Crippen LogP contribution is -1.98. The topological polar surface area (TPSA) is 69.8 Å². The SMILES string of the molecule is N#CC1=C\C=C\C=C/C=C/C=C/C=C\C=C\ON/N=N/C=C\C=C\1. The minimum Gasteiger partial charge on any atom is -0.372 e. The lowest BCUT2D eigenvalue weighted by Gasteiger charge is -1.91. The molecule has 0 aromatic rings. The van der Waals surface area contributed by atoms with Crippen molar-refractivity contribution >= 4 is 0 Å². The van der Waals surface area contributed by atoms with Crippen LogP contribution in [0.1, 0.15) is 0 Å². The predicted molar refractivity (Wildman–Crippen MR) is 95.9 cm³/mol. The second-order valence-electron chi connectivity index (χ2n) is 4.11. The first-order valence-electron chi connectivity index (χ1n) is 7.17. The van der Waals surface area contributed by atoms with E-state index in [9.17, 15) is 0 Å². The molecule has 0 spiro atoms. The molecule has 0 saturated heterocycles. The van der Waals surface area contributed by atoms with Gasteiger partial charge in [-0.25, -0.2) is 0 Å². The second-order valence-corrected chi connectivity index (χ2v) is 4.11. The van der Waals surface area contributed by atoms with Gasteiger partial charge in [-0.3, -0.25) is 0 Å². The lowest BCUT2D eigenvalue weighted by molar-refractivity contribution is 0.131. The van der Waals surface area contributed by atoms with Crippen LogP contribution in [0.2, 0.25) is 0 Å². The Hall–Kier alpha value is -3.65. The molecule has 0 fully saturated rings. The highest BCUT2D eigenvalue weighted by atomic mass is 16.7. The van der Waals surface area contributed by atoms with Gasteiger partial charge in [0.25, 0.3) is 0 Å². The molecular weight excluding hydrogens is 300 g/mol. The Kier molecular flexibility index (Phi) is 11.0. The molecule has 5 nitrogen and oxygen atoms in total. The summed E-state index contributed by atoms with van der Waals surface area (Å²) in [6.07, 6.45) is 30.1. The van der Waals surface area contributed by atoms with E-state index >= 15 is 0 Å². The van der Waals surface area contributed by atoms with Crippen LogP contribution in [0.25, 0.3) is 0 Å². The maximum atomic E-state index is 9.01. The van der Waals surface area contributed by atoms with Crippen LogP contribution in [0.3, 0.4) is 0 Å². The van der Waals surface area contributed by atoms with Gasteiger partial charge in [0.05, 0.1) is 17.8 Å². The molecule has 1 N–H and O–H groups in total. The molecule has 0 atom stereocenters. The van der Waals surface area contributed by atoms with Crippen LogP contribution >= 0.6 is 0 Å². The molecule has 1 aliphatic heterocycles. The molecule has 0 amide bonds. The molecule has 1 heterocycles. The normalized spacial score (nSPS) is 29.9. The molecule has 120 valence electrons. The highest BCUT2D eigenvalue weighted by molar-refractivity contribution is 5.37. The maximum absolute atomic E-state index is 9.01. The first-order valence-corrected chi connectivity index (χ1v) is 7.17. The largest absolute Gasteiger partial charge is 0.372 e. The number of rotatable bonds is 0. The molecular formula is C19H18N4O. The van der Waals surface area contributed by atoms with Crippen LogP contribution in [-0.2, 0) is 4.84 Å². The molecule has 0 radical (unpaired) electrons. The fourth-order valence-corrected chi connectivity index (χ4v) is 1.31. The van der Waals surface area contributed by atoms with Crippen molar-refractivity contribution in [2.75, 3.05) is 0 Å². The summed E-state index contributed by atoms with van der Waals surface area (Å²) < 4.78 is 0. The predicted octanol–water partition coefficient (Wildman–Crippen LogP) is 4.70. The standard InChI is InChI=1S/C19H18N4O/c20-18-19-14-10-8-6-4-2-1-3-5-7-9-13-17-24-23-22-21-16-12-11-15-19/h1-17H,(H,21,23)/b2-1+,5-3+,6-4-,9-7-,10-8+,15-11+,16-12-,17-13+,19-14-. The fraction of sp³-hybridized carbons (Fsp3) is 0. The van der Waals surface area contributed by atoms with Crippen molar-refractivity contribution in [2.24, 2.45) is 10.3 Å². The van der Waals surface area contributed by atoms with Crippen molar-refractivity contribution in [3.8, 4) is 6.07 Å². The first kappa shape index (κ1) is 18.4. The number of hydrogen-bond acceptors (Lipinski definition) is 5. The molecule has 0 aromatic carbocycles. The van der Waals surface area contributed by atoms with E-state index in [-0.39, 0.29) is 0 Å². The van der Waals surface area contributed by atoms with Gasteiger partial charge in [-0.05, 0) is 29.5 Å². The Bertz CT molecular complexity index is 693. The molecule has 1 aliphatic rings. The van der Waals surface area contributed by atoms with E-state index in [0.29, 0.717) is 5.57 Å². The van der Waals surface area contributed by atoms with E-state index in [1.165, 1.54) is 12.5 Å². The number of nitrogens with one attached hydrogen (secondary N) is 1. The van der Waals surface area contributed by atoms with E-state index < -0.39 is 0 Å². The van der Waals surface area contributed by atoms with Gasteiger partial charge in [-0.1, -0.05) is 66.8 Å². The molecule has 5 heteroatoms. The summed E-state index contributed by atoms with van der Waals surface area (Å²) in [7, 11) is 0. The lowest BCUT2D eigenvalue weighted by atomic mass is 10.2. The second kappa shape index (κ2) is 14.3. The van der Waals surface area contributed by atoms with Gasteiger partial charge < -0.3 is 4.84 Å². The zero-order valence-corrected chi connectivity index (χ0v) is 13.1. The van der Waals surface area contributed by atoms with Crippen molar-refractivity contribution in [1.29, 1.82) is 5.26 Å². The van der Waals surface area contributed by atoms with Crippen molar-refractivity contribution in [2.45, 2.75) is 0 Å². The molecule has 0 aromatic heterocycles. The Balaban J connectivity index is 2.76. The van der Waals surface area contributed by atoms with E-state index in [2.05, 4.69) is 22.0 Å². The van der Waals surface area contributed by atoms with E-state index in [0.717, 1.165) is 0 Å². The van der Waals surface area contributed by atoms with Crippen LogP contribution in [0.4, 0.5) is 0 Å². The van der Waals surface area contributed by atoms with E-state index in [1.807, 2.05) is 54.7 Å². The summed E-state index contributed by atoms with van der Waals surface area (Å²) in [6, 6.07) is 2.09. The Morgan fingerprint density at radius 2 is 1.42 bits per heavy atom. The van der Waals surface area contributed by atoms with Gasteiger partial charge in [-0.2, -0.15) is 5.26 Å². The van der Waals surface area contributed by atoms with Crippen molar-refractivity contribution < 1.29 is 4.84 Å². The minimum absolute atomic E-state index is 0.528. The summed E-state index contributed by atoms with van der Waals surface area (Å²) in [5.74, 6) is 0. The molecule has 0 aliphatic carbocycles. The van der Waals surface area contributed by atoms with Crippen LogP contribution in [0, 0.1) is 11.3 Å². The van der Waals surface area contributed by atoms with Gasteiger partial charge in [0.2, 0.25) is 0 Å². The van der Waals surface area contributed by atoms with Crippen LogP contribution in [0.15, 0.2) is 120 Å². The third kappa shape index (κ3) is 11.1. The van der Waals surface area contributed by atoms with E-state index in [1.54, 1.807) is 36.5 Å². The molecule has 24 heavy (non-hydrogen) atoms. The highest BCUT2D eigenvalue weighted by Crippen LogP contribution is 1.96. The third-order valence-electron chi connectivity index (χ3n) is 2.35. The van der Waals surface area contributed by atoms with Crippen LogP contribution < -0.4 is 5.59 Å². The van der Waals surface area contributed by atoms with Crippen LogP contribution in [0.5, 0.6) is 0 Å². The molecule has 0 unspecified atom stereocenters. The Labute approximate surface area is 142 Å². The maximum Gasteiger partial charge on any atom is 0.121 e. The molecule has 1 rings (SSSR count). The monoisotopic (exact) mass is 318 g/mol. The fourth-order valence-electron chi connectivity index (χ4n) is 1.31. The summed E-state index contributed by atoms with van der Waals surface area (Å²) in [4.78, 5) is 4.88. The van der Waals surface area contributed by atoms with Crippen LogP contribution in [-0.4, -0.2) is 0 Å². The summed E-state index contributed by atoms with van der Waals surface area (Å²) in [6.45, 7) is 0. The van der Waals surface area contributed by atoms with Gasteiger partial charge in [-0.15, -0.1) is 10.7 Å². The summed E-state index contributed by atoms with van der Waals surface area (Å²) in [5.41, 5.74) is 2.82. The first-order chi connectivity index (χ1) is 11.9. The van der Waals surface area contributed by atoms with Crippen molar-refractivity contribution in [3.63, 3.8) is 0 Å². The Morgan fingerprint density at radius 3 is 2.08 bits per heavy atom. The summed E-state index contributed by atoms with van der Waals surface area (Å²) >= 11 is 0. The van der Waals surface area contributed by atoms with Crippen molar-refractivity contribution in [3.05, 3.63) is 109 Å². The van der Waals surface area contributed by atoms with Gasteiger partial charge >= 0.3 is 0 Å². The zero-order chi connectivity index (χ0) is 17.1. The molecule has 0 saturated carbocycles. The average molecular weight is 318 g/mol. The highest BCUT2D eigenvalue weighted by Gasteiger charge is 1.83. The van der Waals surface area contributed by atoms with Crippen molar-refractivity contribution in [1.82, 2.24) is 5.59 Å².